The number of hydrogen-bond donors (Lipinski definition) is 1. The molecule has 1 N–H and O–H groups in total. The summed E-state index contributed by atoms with van der Waals surface area (Å²) in [6.45, 7) is 8.45. The number of rotatable bonds is 4. The lowest BCUT2D eigenvalue weighted by molar-refractivity contribution is -0.150. The van der Waals surface area contributed by atoms with Crippen molar-refractivity contribution < 1.29 is 14.7 Å². The fourth-order valence-electron chi connectivity index (χ4n) is 2.87. The number of nitrogens with zero attached hydrogens (tertiary/aromatic N) is 2. The van der Waals surface area contributed by atoms with Gasteiger partial charge in [0.15, 0.2) is 0 Å². The minimum Gasteiger partial charge on any atom is -0.480 e. The minimum atomic E-state index is -1.07. The van der Waals surface area contributed by atoms with E-state index >= 15 is 0 Å². The fraction of sp³-hybridized carbons (Fsp3) is 0.867. The van der Waals surface area contributed by atoms with Gasteiger partial charge in [0, 0.05) is 19.6 Å². The second-order valence-corrected chi connectivity index (χ2v) is 6.56. The maximum atomic E-state index is 12.6. The fourth-order valence-corrected chi connectivity index (χ4v) is 2.87. The molecule has 2 unspecified atom stereocenters. The van der Waals surface area contributed by atoms with E-state index in [1.165, 1.54) is 4.90 Å². The Kier molecular flexibility index (Phi) is 5.42. The van der Waals surface area contributed by atoms with Crippen molar-refractivity contribution in [1.82, 2.24) is 9.80 Å². The lowest BCUT2D eigenvalue weighted by atomic mass is 9.88. The first-order chi connectivity index (χ1) is 9.20. The molecule has 0 spiro atoms. The minimum absolute atomic E-state index is 0.113. The smallest absolute Gasteiger partial charge is 0.329 e. The summed E-state index contributed by atoms with van der Waals surface area (Å²) in [5.74, 6) is -0.400. The Balaban J connectivity index is 2.85. The van der Waals surface area contributed by atoms with Crippen LogP contribution < -0.4 is 0 Å². The van der Waals surface area contributed by atoms with Crippen LogP contribution in [0, 0.1) is 5.92 Å². The standard InChI is InChI=1S/C15H28N2O3/c1-11(2)10-12(3)16(5)14(20)17-9-7-6-8-15(17,4)13(18)19/h11-12H,6-10H2,1-5H3,(H,18,19). The number of carbonyl (C=O) groups is 2. The van der Waals surface area contributed by atoms with Crippen LogP contribution in [0.3, 0.4) is 0 Å². The largest absolute Gasteiger partial charge is 0.480 e. The Morgan fingerprint density at radius 2 is 1.90 bits per heavy atom. The van der Waals surface area contributed by atoms with Crippen molar-refractivity contribution in [3.8, 4) is 0 Å². The predicted molar refractivity (Wildman–Crippen MR) is 78.7 cm³/mol. The summed E-state index contributed by atoms with van der Waals surface area (Å²) in [7, 11) is 1.77. The van der Waals surface area contributed by atoms with Crippen LogP contribution in [0.25, 0.3) is 0 Å². The van der Waals surface area contributed by atoms with Crippen LogP contribution in [-0.2, 0) is 4.79 Å². The van der Waals surface area contributed by atoms with Crippen molar-refractivity contribution in [2.75, 3.05) is 13.6 Å². The van der Waals surface area contributed by atoms with Gasteiger partial charge in [-0.2, -0.15) is 0 Å². The topological polar surface area (TPSA) is 60.9 Å². The van der Waals surface area contributed by atoms with Gasteiger partial charge in [-0.05, 0) is 45.4 Å². The van der Waals surface area contributed by atoms with Gasteiger partial charge >= 0.3 is 12.0 Å². The molecule has 1 rings (SSSR count). The number of hydrogen-bond acceptors (Lipinski definition) is 2. The van der Waals surface area contributed by atoms with Crippen LogP contribution in [0.2, 0.25) is 0 Å². The molecule has 1 aliphatic rings. The van der Waals surface area contributed by atoms with Gasteiger partial charge in [0.25, 0.3) is 0 Å². The van der Waals surface area contributed by atoms with Crippen molar-refractivity contribution in [3.05, 3.63) is 0 Å². The van der Waals surface area contributed by atoms with Crippen LogP contribution in [0.4, 0.5) is 4.79 Å². The highest BCUT2D eigenvalue weighted by molar-refractivity contribution is 5.86. The Morgan fingerprint density at radius 1 is 1.30 bits per heavy atom. The molecule has 0 aromatic carbocycles. The van der Waals surface area contributed by atoms with E-state index in [-0.39, 0.29) is 12.1 Å². The summed E-state index contributed by atoms with van der Waals surface area (Å²) in [6.07, 6.45) is 3.18. The van der Waals surface area contributed by atoms with E-state index in [1.54, 1.807) is 18.9 Å². The summed E-state index contributed by atoms with van der Waals surface area (Å²) in [5, 5.41) is 9.47. The van der Waals surface area contributed by atoms with Crippen molar-refractivity contribution >= 4 is 12.0 Å². The molecule has 0 aromatic rings. The highest BCUT2D eigenvalue weighted by Crippen LogP contribution is 2.29. The van der Waals surface area contributed by atoms with Crippen molar-refractivity contribution in [3.63, 3.8) is 0 Å². The first-order valence-electron chi connectivity index (χ1n) is 7.48. The van der Waals surface area contributed by atoms with Crippen LogP contribution in [0.15, 0.2) is 0 Å². The Labute approximate surface area is 121 Å². The molecule has 1 aliphatic heterocycles. The van der Waals surface area contributed by atoms with E-state index in [4.69, 9.17) is 0 Å². The number of likely N-dealkylation sites (tertiary alicyclic amines) is 1. The number of urea groups is 1. The average molecular weight is 284 g/mol. The molecule has 1 fully saturated rings. The zero-order chi connectivity index (χ0) is 15.5. The molecule has 0 saturated carbocycles. The zero-order valence-corrected chi connectivity index (χ0v) is 13.3. The second kappa shape index (κ2) is 6.46. The SMILES string of the molecule is CC(C)CC(C)N(C)C(=O)N1CCCCC1(C)C(=O)O. The molecule has 2 atom stereocenters. The van der Waals surface area contributed by atoms with E-state index in [2.05, 4.69) is 13.8 Å². The molecule has 0 bridgehead atoms. The van der Waals surface area contributed by atoms with Crippen LogP contribution >= 0.6 is 0 Å². The van der Waals surface area contributed by atoms with E-state index < -0.39 is 11.5 Å². The number of carboxylic acid groups (broad SMARTS) is 1. The quantitative estimate of drug-likeness (QED) is 0.863. The monoisotopic (exact) mass is 284 g/mol. The number of carbonyl (C=O) groups excluding carboxylic acids is 1. The number of carboxylic acids is 1. The lowest BCUT2D eigenvalue weighted by Gasteiger charge is -2.44. The third kappa shape index (κ3) is 3.44. The Hall–Kier alpha value is -1.26. The summed E-state index contributed by atoms with van der Waals surface area (Å²) in [5.41, 5.74) is -1.07. The Bertz CT molecular complexity index is 370. The Morgan fingerprint density at radius 3 is 2.40 bits per heavy atom. The molecule has 1 heterocycles. The van der Waals surface area contributed by atoms with Gasteiger partial charge in [-0.25, -0.2) is 9.59 Å². The first-order valence-corrected chi connectivity index (χ1v) is 7.48. The highest BCUT2D eigenvalue weighted by atomic mass is 16.4. The van der Waals surface area contributed by atoms with Gasteiger partial charge in [-0.3, -0.25) is 0 Å². The van der Waals surface area contributed by atoms with Gasteiger partial charge < -0.3 is 14.9 Å². The molecular weight excluding hydrogens is 256 g/mol. The number of piperidine rings is 1. The van der Waals surface area contributed by atoms with Crippen molar-refractivity contribution in [1.29, 1.82) is 0 Å². The molecule has 5 heteroatoms. The van der Waals surface area contributed by atoms with Crippen LogP contribution in [-0.4, -0.2) is 52.1 Å². The van der Waals surface area contributed by atoms with E-state index in [9.17, 15) is 14.7 Å². The maximum absolute atomic E-state index is 12.6. The average Bonchev–Trinajstić information content (AvgIpc) is 2.36. The molecule has 1 saturated heterocycles. The maximum Gasteiger partial charge on any atom is 0.329 e. The highest BCUT2D eigenvalue weighted by Gasteiger charge is 2.45. The number of aliphatic carboxylic acids is 1. The van der Waals surface area contributed by atoms with Gasteiger partial charge in [-0.1, -0.05) is 13.8 Å². The summed E-state index contributed by atoms with van der Waals surface area (Å²) >= 11 is 0. The van der Waals surface area contributed by atoms with Gasteiger partial charge in [0.1, 0.15) is 5.54 Å². The number of amides is 2. The molecule has 5 nitrogen and oxygen atoms in total. The van der Waals surface area contributed by atoms with E-state index in [0.717, 1.165) is 19.3 Å². The summed E-state index contributed by atoms with van der Waals surface area (Å²) in [6, 6.07) is -0.0507. The normalized spacial score (nSPS) is 24.6. The van der Waals surface area contributed by atoms with Crippen molar-refractivity contribution in [2.24, 2.45) is 5.92 Å². The predicted octanol–water partition coefficient (Wildman–Crippen LogP) is 2.80. The third-order valence-electron chi connectivity index (χ3n) is 4.36. The van der Waals surface area contributed by atoms with Gasteiger partial charge in [-0.15, -0.1) is 0 Å². The molecule has 2 amide bonds. The third-order valence-corrected chi connectivity index (χ3v) is 4.36. The second-order valence-electron chi connectivity index (χ2n) is 6.56. The molecule has 116 valence electrons. The molecule has 0 radical (unpaired) electrons. The van der Waals surface area contributed by atoms with Gasteiger partial charge in [0.2, 0.25) is 0 Å². The summed E-state index contributed by atoms with van der Waals surface area (Å²) in [4.78, 5) is 27.4. The van der Waals surface area contributed by atoms with E-state index in [1.807, 2.05) is 6.92 Å². The summed E-state index contributed by atoms with van der Waals surface area (Å²) < 4.78 is 0. The van der Waals surface area contributed by atoms with Crippen LogP contribution in [0.5, 0.6) is 0 Å². The van der Waals surface area contributed by atoms with Gasteiger partial charge in [0.05, 0.1) is 0 Å². The molecule has 0 aliphatic carbocycles. The van der Waals surface area contributed by atoms with Crippen LogP contribution in [0.1, 0.15) is 53.4 Å². The molecule has 20 heavy (non-hydrogen) atoms. The lowest BCUT2D eigenvalue weighted by Crippen LogP contribution is -2.61. The first kappa shape index (κ1) is 16.8. The molecular formula is C15H28N2O3. The van der Waals surface area contributed by atoms with Crippen molar-refractivity contribution in [2.45, 2.75) is 65.0 Å². The molecule has 0 aromatic heterocycles. The van der Waals surface area contributed by atoms with E-state index in [0.29, 0.717) is 18.9 Å². The zero-order valence-electron chi connectivity index (χ0n) is 13.3.